The number of nitrogens with one attached hydrogen (secondary N) is 2. The average Bonchev–Trinajstić information content (AvgIpc) is 3.42. The van der Waals surface area contributed by atoms with Gasteiger partial charge in [-0.25, -0.2) is 9.97 Å². The molecule has 1 aliphatic heterocycles. The van der Waals surface area contributed by atoms with Gasteiger partial charge >= 0.3 is 0 Å². The van der Waals surface area contributed by atoms with Gasteiger partial charge in [0.05, 0.1) is 22.8 Å². The summed E-state index contributed by atoms with van der Waals surface area (Å²) >= 11 is 0. The molecule has 0 fully saturated rings. The molecule has 0 amide bonds. The number of allylic oxidation sites excluding steroid dienone is 1. The Kier molecular flexibility index (Phi) is 11.1. The number of benzene rings is 9. The lowest BCUT2D eigenvalue weighted by Crippen LogP contribution is -2.20. The topological polar surface area (TPSA) is 61.7 Å². The Morgan fingerprint density at radius 2 is 0.761 bits per heavy atom. The quantitative estimate of drug-likeness (QED) is 0.135. The molecule has 0 saturated heterocycles. The van der Waals surface area contributed by atoms with Crippen LogP contribution in [0.5, 0.6) is 0 Å². The largest absolute Gasteiger partial charge is 0.354 e. The third-order valence-electron chi connectivity index (χ3n) is 12.3. The van der Waals surface area contributed by atoms with Crippen LogP contribution in [0.4, 0.5) is 0 Å². The highest BCUT2D eigenvalue weighted by Crippen LogP contribution is 2.39. The SMILES string of the molecule is N=C(/C(=C1\NC(c2ccccc2)=Cc2ccc(-c3cccc(-c4nc(-c5cccc(-c6ccccc6)c5)cc(-c5cccc(-c6ccccc6)c5)n4)c3)cc21)c1ccccc1)c1ccccc1. The van der Waals surface area contributed by atoms with Crippen molar-refractivity contribution < 1.29 is 0 Å². The van der Waals surface area contributed by atoms with Crippen LogP contribution >= 0.6 is 0 Å². The third-order valence-corrected chi connectivity index (χ3v) is 12.3. The number of fused-ring (bicyclic) bond motifs is 1. The molecule has 0 radical (unpaired) electrons. The zero-order valence-electron chi connectivity index (χ0n) is 36.6. The summed E-state index contributed by atoms with van der Waals surface area (Å²) in [5, 5.41) is 13.6. The van der Waals surface area contributed by atoms with Gasteiger partial charge in [0.2, 0.25) is 0 Å². The first kappa shape index (κ1) is 40.8. The Balaban J connectivity index is 1.06. The molecule has 1 aliphatic rings. The van der Waals surface area contributed by atoms with Gasteiger partial charge in [0.1, 0.15) is 0 Å². The van der Waals surface area contributed by atoms with E-state index in [4.69, 9.17) is 9.97 Å². The van der Waals surface area contributed by atoms with E-state index >= 15 is 0 Å². The normalized spacial score (nSPS) is 12.6. The second-order valence-corrected chi connectivity index (χ2v) is 16.6. The van der Waals surface area contributed by atoms with E-state index in [1.165, 1.54) is 0 Å². The van der Waals surface area contributed by atoms with Gasteiger partial charge in [-0.3, -0.25) is 5.41 Å². The molecular weight excluding hydrogens is 813 g/mol. The van der Waals surface area contributed by atoms with E-state index in [0.29, 0.717) is 11.5 Å². The van der Waals surface area contributed by atoms with E-state index < -0.39 is 0 Å². The first-order valence-corrected chi connectivity index (χ1v) is 22.6. The Morgan fingerprint density at radius 3 is 1.31 bits per heavy atom. The van der Waals surface area contributed by atoms with Crippen molar-refractivity contribution in [2.75, 3.05) is 0 Å². The predicted molar refractivity (Wildman–Crippen MR) is 279 cm³/mol. The molecule has 0 aliphatic carbocycles. The summed E-state index contributed by atoms with van der Waals surface area (Å²) in [5.74, 6) is 0.642. The van der Waals surface area contributed by atoms with E-state index in [-0.39, 0.29) is 0 Å². The number of hydrogen-bond acceptors (Lipinski definition) is 4. The van der Waals surface area contributed by atoms with Crippen molar-refractivity contribution in [3.63, 3.8) is 0 Å². The predicted octanol–water partition coefficient (Wildman–Crippen LogP) is 15.5. The van der Waals surface area contributed by atoms with Crippen molar-refractivity contribution in [3.8, 4) is 67.3 Å². The molecule has 316 valence electrons. The molecule has 0 unspecified atom stereocenters. The molecule has 4 nitrogen and oxygen atoms in total. The first-order valence-electron chi connectivity index (χ1n) is 22.6. The molecule has 11 rings (SSSR count). The standard InChI is InChI=1S/C63H44N4/c64-61(47-27-14-5-15-28-47)60(46-25-12-4-13-26-46)62-56-40-51(35-36-52(56)41-57(65-62)45-23-10-3-11-24-45)50-31-18-34-55(39-50)63-66-58(53-32-16-29-48(37-53)43-19-6-1-7-20-43)42-59(67-63)54-33-17-30-49(38-54)44-21-8-2-9-22-44/h1-42,64-65H/b62-60-,64-61?. The Morgan fingerprint density at radius 1 is 0.343 bits per heavy atom. The minimum atomic E-state index is 0.443. The summed E-state index contributed by atoms with van der Waals surface area (Å²) in [6.45, 7) is 0. The Bertz CT molecular complexity index is 3370. The average molecular weight is 857 g/mol. The molecule has 4 heteroatoms. The highest BCUT2D eigenvalue weighted by molar-refractivity contribution is 6.36. The van der Waals surface area contributed by atoms with Crippen molar-refractivity contribution in [3.05, 3.63) is 277 Å². The van der Waals surface area contributed by atoms with E-state index in [2.05, 4.69) is 193 Å². The van der Waals surface area contributed by atoms with E-state index in [0.717, 1.165) is 106 Å². The summed E-state index contributed by atoms with van der Waals surface area (Å²) in [4.78, 5) is 10.6. The Labute approximate surface area is 391 Å². The smallest absolute Gasteiger partial charge is 0.160 e. The zero-order chi connectivity index (χ0) is 44.9. The van der Waals surface area contributed by atoms with Crippen LogP contribution < -0.4 is 5.32 Å². The fourth-order valence-electron chi connectivity index (χ4n) is 8.90. The Hall–Kier alpha value is -8.99. The van der Waals surface area contributed by atoms with Crippen LogP contribution in [0.2, 0.25) is 0 Å². The van der Waals surface area contributed by atoms with Gasteiger partial charge in [0, 0.05) is 39.1 Å². The van der Waals surface area contributed by atoms with Gasteiger partial charge in [0.25, 0.3) is 0 Å². The van der Waals surface area contributed by atoms with Crippen LogP contribution in [0, 0.1) is 5.41 Å². The molecule has 10 aromatic rings. The molecule has 1 aromatic heterocycles. The fourth-order valence-corrected chi connectivity index (χ4v) is 8.90. The van der Waals surface area contributed by atoms with Crippen molar-refractivity contribution >= 4 is 28.8 Å². The lowest BCUT2D eigenvalue weighted by molar-refractivity contribution is 1.18. The minimum absolute atomic E-state index is 0.443. The molecule has 9 aromatic carbocycles. The van der Waals surface area contributed by atoms with E-state index in [1.807, 2.05) is 66.7 Å². The molecule has 67 heavy (non-hydrogen) atoms. The number of nitrogens with zero attached hydrogens (tertiary/aromatic N) is 2. The summed E-state index contributed by atoms with van der Waals surface area (Å²) < 4.78 is 0. The van der Waals surface area contributed by atoms with E-state index in [9.17, 15) is 5.41 Å². The zero-order valence-corrected chi connectivity index (χ0v) is 36.6. The minimum Gasteiger partial charge on any atom is -0.354 e. The lowest BCUT2D eigenvalue weighted by Gasteiger charge is -2.27. The molecule has 0 bridgehead atoms. The molecule has 2 N–H and O–H groups in total. The number of hydrogen-bond donors (Lipinski definition) is 2. The van der Waals surface area contributed by atoms with Crippen LogP contribution in [0.25, 0.3) is 90.3 Å². The van der Waals surface area contributed by atoms with Crippen LogP contribution in [-0.2, 0) is 0 Å². The second-order valence-electron chi connectivity index (χ2n) is 16.6. The molecule has 0 atom stereocenters. The van der Waals surface area contributed by atoms with Crippen LogP contribution in [0.3, 0.4) is 0 Å². The van der Waals surface area contributed by atoms with Crippen molar-refractivity contribution in [2.45, 2.75) is 0 Å². The van der Waals surface area contributed by atoms with Gasteiger partial charge in [-0.2, -0.15) is 0 Å². The van der Waals surface area contributed by atoms with Crippen molar-refractivity contribution in [1.29, 1.82) is 5.41 Å². The van der Waals surface area contributed by atoms with Gasteiger partial charge in [-0.05, 0) is 86.5 Å². The monoisotopic (exact) mass is 856 g/mol. The third kappa shape index (κ3) is 8.55. The first-order chi connectivity index (χ1) is 33.1. The van der Waals surface area contributed by atoms with Gasteiger partial charge in [0.15, 0.2) is 5.82 Å². The van der Waals surface area contributed by atoms with Gasteiger partial charge in [-0.1, -0.05) is 218 Å². The highest BCUT2D eigenvalue weighted by Gasteiger charge is 2.24. The maximum absolute atomic E-state index is 9.75. The molecule has 0 spiro atoms. The maximum Gasteiger partial charge on any atom is 0.160 e. The summed E-state index contributed by atoms with van der Waals surface area (Å²) in [6, 6.07) is 86.1. The summed E-state index contributed by atoms with van der Waals surface area (Å²) in [6.07, 6.45) is 2.21. The van der Waals surface area contributed by atoms with E-state index in [1.54, 1.807) is 0 Å². The highest BCUT2D eigenvalue weighted by atomic mass is 14.9. The summed E-state index contributed by atoms with van der Waals surface area (Å²) in [5.41, 5.74) is 19.3. The van der Waals surface area contributed by atoms with Gasteiger partial charge in [-0.15, -0.1) is 0 Å². The molecule has 2 heterocycles. The maximum atomic E-state index is 9.75. The number of aromatic nitrogens is 2. The van der Waals surface area contributed by atoms with Gasteiger partial charge < -0.3 is 5.32 Å². The van der Waals surface area contributed by atoms with Crippen molar-refractivity contribution in [2.24, 2.45) is 0 Å². The van der Waals surface area contributed by atoms with Crippen LogP contribution in [0.15, 0.2) is 249 Å². The summed E-state index contributed by atoms with van der Waals surface area (Å²) in [7, 11) is 0. The molecule has 0 saturated carbocycles. The van der Waals surface area contributed by atoms with Crippen LogP contribution in [-0.4, -0.2) is 15.7 Å². The number of rotatable bonds is 10. The van der Waals surface area contributed by atoms with Crippen molar-refractivity contribution in [1.82, 2.24) is 15.3 Å². The fraction of sp³-hybridized carbons (Fsp3) is 0. The molecular formula is C63H44N4. The second kappa shape index (κ2) is 18.2. The lowest BCUT2D eigenvalue weighted by atomic mass is 9.86. The van der Waals surface area contributed by atoms with Crippen LogP contribution in [0.1, 0.15) is 27.8 Å².